The first-order valence-corrected chi connectivity index (χ1v) is 4.23. The molecular weight excluding hydrogens is 182 g/mol. The van der Waals surface area contributed by atoms with Crippen molar-refractivity contribution in [2.45, 2.75) is 6.04 Å². The molecule has 0 aliphatic rings. The number of hydrogen-bond acceptors (Lipinski definition) is 5. The summed E-state index contributed by atoms with van der Waals surface area (Å²) in [6, 6.07) is 1.47. The van der Waals surface area contributed by atoms with Crippen LogP contribution in [0.4, 0.5) is 5.69 Å². The third-order valence-electron chi connectivity index (χ3n) is 1.84. The van der Waals surface area contributed by atoms with Gasteiger partial charge in [-0.1, -0.05) is 0 Å². The van der Waals surface area contributed by atoms with E-state index >= 15 is 0 Å². The lowest BCUT2D eigenvalue weighted by Gasteiger charge is -2.14. The predicted molar refractivity (Wildman–Crippen MR) is 54.0 cm³/mol. The van der Waals surface area contributed by atoms with Crippen LogP contribution >= 0.6 is 0 Å². The van der Waals surface area contributed by atoms with Crippen molar-refractivity contribution in [1.82, 2.24) is 4.98 Å². The van der Waals surface area contributed by atoms with E-state index in [2.05, 4.69) is 4.98 Å². The summed E-state index contributed by atoms with van der Waals surface area (Å²) in [5, 5.41) is 0. The van der Waals surface area contributed by atoms with Crippen LogP contribution < -0.4 is 16.2 Å². The lowest BCUT2D eigenvalue weighted by Crippen LogP contribution is -2.17. The average molecular weight is 197 g/mol. The molecule has 0 spiro atoms. The Hall–Kier alpha value is -1.33. The summed E-state index contributed by atoms with van der Waals surface area (Å²) in [5.74, 6) is 0.490. The van der Waals surface area contributed by atoms with E-state index in [1.54, 1.807) is 20.3 Å². The van der Waals surface area contributed by atoms with Gasteiger partial charge < -0.3 is 20.9 Å². The van der Waals surface area contributed by atoms with E-state index in [-0.39, 0.29) is 6.04 Å². The van der Waals surface area contributed by atoms with Crippen LogP contribution in [-0.4, -0.2) is 25.8 Å². The first kappa shape index (κ1) is 10.7. The fourth-order valence-corrected chi connectivity index (χ4v) is 1.19. The van der Waals surface area contributed by atoms with Crippen LogP contribution in [0.2, 0.25) is 0 Å². The van der Waals surface area contributed by atoms with Crippen molar-refractivity contribution < 1.29 is 9.47 Å². The molecule has 1 atom stereocenters. The second kappa shape index (κ2) is 4.78. The number of nitrogens with zero attached hydrogens (tertiary/aromatic N) is 1. The van der Waals surface area contributed by atoms with E-state index in [1.165, 1.54) is 6.20 Å². The number of nitrogen functional groups attached to an aromatic ring is 1. The number of hydrogen-bond donors (Lipinski definition) is 2. The maximum Gasteiger partial charge on any atom is 0.218 e. The molecule has 0 bridgehead atoms. The average Bonchev–Trinajstić information content (AvgIpc) is 2.18. The molecule has 0 aliphatic heterocycles. The van der Waals surface area contributed by atoms with E-state index in [0.29, 0.717) is 18.2 Å². The lowest BCUT2D eigenvalue weighted by atomic mass is 10.1. The molecule has 0 aliphatic carbocycles. The molecule has 1 heterocycles. The molecule has 0 radical (unpaired) electrons. The van der Waals surface area contributed by atoms with E-state index in [4.69, 9.17) is 20.9 Å². The zero-order chi connectivity index (χ0) is 10.6. The summed E-state index contributed by atoms with van der Waals surface area (Å²) >= 11 is 0. The SMILES string of the molecule is COCC(N)c1cc(N)cnc1OC. The number of pyridine rings is 1. The number of nitrogens with two attached hydrogens (primary N) is 2. The maximum absolute atomic E-state index is 5.85. The van der Waals surface area contributed by atoms with Crippen LogP contribution in [0, 0.1) is 0 Å². The molecule has 1 aromatic heterocycles. The zero-order valence-electron chi connectivity index (χ0n) is 8.36. The number of ether oxygens (including phenoxy) is 2. The molecule has 14 heavy (non-hydrogen) atoms. The van der Waals surface area contributed by atoms with Gasteiger partial charge in [-0.15, -0.1) is 0 Å². The van der Waals surface area contributed by atoms with E-state index in [0.717, 1.165) is 5.56 Å². The van der Waals surface area contributed by atoms with Gasteiger partial charge in [0.05, 0.1) is 31.6 Å². The second-order valence-electron chi connectivity index (χ2n) is 2.93. The van der Waals surface area contributed by atoms with Gasteiger partial charge in [-0.3, -0.25) is 0 Å². The first-order valence-electron chi connectivity index (χ1n) is 4.23. The molecule has 0 amide bonds. The summed E-state index contributed by atoms with van der Waals surface area (Å²) in [7, 11) is 3.13. The smallest absolute Gasteiger partial charge is 0.218 e. The lowest BCUT2D eigenvalue weighted by molar-refractivity contribution is 0.179. The van der Waals surface area contributed by atoms with Crippen LogP contribution in [0.3, 0.4) is 0 Å². The Morgan fingerprint density at radius 1 is 1.50 bits per heavy atom. The Balaban J connectivity index is 2.97. The molecule has 1 unspecified atom stereocenters. The number of anilines is 1. The van der Waals surface area contributed by atoms with E-state index in [9.17, 15) is 0 Å². The summed E-state index contributed by atoms with van der Waals surface area (Å²) in [4.78, 5) is 4.02. The monoisotopic (exact) mass is 197 g/mol. The fourth-order valence-electron chi connectivity index (χ4n) is 1.19. The minimum absolute atomic E-state index is 0.272. The summed E-state index contributed by atoms with van der Waals surface area (Å²) in [6.45, 7) is 0.404. The summed E-state index contributed by atoms with van der Waals surface area (Å²) in [6.07, 6.45) is 1.53. The quantitative estimate of drug-likeness (QED) is 0.726. The minimum Gasteiger partial charge on any atom is -0.481 e. The summed E-state index contributed by atoms with van der Waals surface area (Å²) < 4.78 is 10.0. The fraction of sp³-hybridized carbons (Fsp3) is 0.444. The van der Waals surface area contributed by atoms with Gasteiger partial charge in [-0.25, -0.2) is 4.98 Å². The highest BCUT2D eigenvalue weighted by atomic mass is 16.5. The number of rotatable bonds is 4. The minimum atomic E-state index is -0.272. The Bertz CT molecular complexity index is 304. The van der Waals surface area contributed by atoms with Gasteiger partial charge in [-0.05, 0) is 6.07 Å². The molecule has 0 saturated carbocycles. The zero-order valence-corrected chi connectivity index (χ0v) is 8.36. The van der Waals surface area contributed by atoms with Gasteiger partial charge >= 0.3 is 0 Å². The van der Waals surface area contributed by atoms with Gasteiger partial charge in [0.25, 0.3) is 0 Å². The van der Waals surface area contributed by atoms with Crippen molar-refractivity contribution in [2.75, 3.05) is 26.6 Å². The van der Waals surface area contributed by atoms with Gasteiger partial charge in [0.1, 0.15) is 0 Å². The van der Waals surface area contributed by atoms with Crippen molar-refractivity contribution >= 4 is 5.69 Å². The van der Waals surface area contributed by atoms with E-state index in [1.807, 2.05) is 0 Å². The number of aromatic nitrogens is 1. The Morgan fingerprint density at radius 2 is 2.21 bits per heavy atom. The predicted octanol–water partition coefficient (Wildman–Crippen LogP) is 0.319. The molecular formula is C9H15N3O2. The molecule has 78 valence electrons. The van der Waals surface area contributed by atoms with Crippen LogP contribution in [0.15, 0.2) is 12.3 Å². The molecule has 0 fully saturated rings. The van der Waals surface area contributed by atoms with Crippen molar-refractivity contribution in [3.8, 4) is 5.88 Å². The molecule has 5 heteroatoms. The maximum atomic E-state index is 5.85. The van der Waals surface area contributed by atoms with Crippen molar-refractivity contribution in [1.29, 1.82) is 0 Å². The highest BCUT2D eigenvalue weighted by Gasteiger charge is 2.13. The van der Waals surface area contributed by atoms with Crippen molar-refractivity contribution in [3.05, 3.63) is 17.8 Å². The first-order chi connectivity index (χ1) is 6.69. The summed E-state index contributed by atoms with van der Waals surface area (Å²) in [5.41, 5.74) is 12.8. The Morgan fingerprint density at radius 3 is 2.79 bits per heavy atom. The molecule has 5 nitrogen and oxygen atoms in total. The van der Waals surface area contributed by atoms with Crippen LogP contribution in [-0.2, 0) is 4.74 Å². The number of methoxy groups -OCH3 is 2. The van der Waals surface area contributed by atoms with Crippen molar-refractivity contribution in [2.24, 2.45) is 5.73 Å². The molecule has 0 saturated heterocycles. The molecule has 1 rings (SSSR count). The third-order valence-corrected chi connectivity index (χ3v) is 1.84. The normalized spacial score (nSPS) is 12.5. The largest absolute Gasteiger partial charge is 0.481 e. The highest BCUT2D eigenvalue weighted by molar-refractivity contribution is 5.43. The Kier molecular flexibility index (Phi) is 3.67. The van der Waals surface area contributed by atoms with Crippen molar-refractivity contribution in [3.63, 3.8) is 0 Å². The highest BCUT2D eigenvalue weighted by Crippen LogP contribution is 2.23. The Labute approximate surface area is 83.0 Å². The topological polar surface area (TPSA) is 83.4 Å². The van der Waals surface area contributed by atoms with Crippen LogP contribution in [0.25, 0.3) is 0 Å². The van der Waals surface area contributed by atoms with E-state index < -0.39 is 0 Å². The molecule has 0 aromatic carbocycles. The second-order valence-corrected chi connectivity index (χ2v) is 2.93. The van der Waals surface area contributed by atoms with Crippen LogP contribution in [0.5, 0.6) is 5.88 Å². The third kappa shape index (κ3) is 2.34. The molecule has 1 aromatic rings. The standard InChI is InChI=1S/C9H15N3O2/c1-13-5-8(11)7-3-6(10)4-12-9(7)14-2/h3-4,8H,5,10-11H2,1-2H3. The molecule has 4 N–H and O–H groups in total. The van der Waals surface area contributed by atoms with Crippen LogP contribution in [0.1, 0.15) is 11.6 Å². The van der Waals surface area contributed by atoms with Gasteiger partial charge in [0, 0.05) is 12.7 Å². The van der Waals surface area contributed by atoms with Gasteiger partial charge in [-0.2, -0.15) is 0 Å². The van der Waals surface area contributed by atoms with Gasteiger partial charge in [0.2, 0.25) is 5.88 Å². The van der Waals surface area contributed by atoms with Gasteiger partial charge in [0.15, 0.2) is 0 Å².